The van der Waals surface area contributed by atoms with Crippen molar-refractivity contribution in [2.75, 3.05) is 13.2 Å². The van der Waals surface area contributed by atoms with E-state index in [-0.39, 0.29) is 30.4 Å². The summed E-state index contributed by atoms with van der Waals surface area (Å²) >= 11 is 12.9. The van der Waals surface area contributed by atoms with Gasteiger partial charge >= 0.3 is 0 Å². The molecule has 3 aromatic rings. The Kier molecular flexibility index (Phi) is 10.0. The van der Waals surface area contributed by atoms with Gasteiger partial charge in [-0.25, -0.2) is 0 Å². The Morgan fingerprint density at radius 2 is 1.54 bits per heavy atom. The molecule has 0 fully saturated rings. The van der Waals surface area contributed by atoms with Crippen LogP contribution >= 0.6 is 23.2 Å². The summed E-state index contributed by atoms with van der Waals surface area (Å²) in [6, 6.07) is 21.7. The van der Waals surface area contributed by atoms with Gasteiger partial charge in [-0.05, 0) is 41.7 Å². The highest BCUT2D eigenvalue weighted by Gasteiger charge is 2.31. The van der Waals surface area contributed by atoms with E-state index in [4.69, 9.17) is 27.9 Å². The Balaban J connectivity index is 1.97. The fourth-order valence-electron chi connectivity index (χ4n) is 4.13. The first-order chi connectivity index (χ1) is 17.6. The molecule has 0 saturated carbocycles. The minimum atomic E-state index is -0.788. The minimum absolute atomic E-state index is 0.0657. The molecule has 1 N–H and O–H groups in total. The van der Waals surface area contributed by atoms with Crippen LogP contribution in [0.5, 0.6) is 5.75 Å². The molecule has 0 aromatic heterocycles. The van der Waals surface area contributed by atoms with Crippen molar-refractivity contribution < 1.29 is 14.3 Å². The van der Waals surface area contributed by atoms with Crippen LogP contribution in [-0.2, 0) is 28.0 Å². The number of carbonyl (C=O) groups excluding carboxylic acids is 2. The van der Waals surface area contributed by atoms with E-state index in [1.807, 2.05) is 61.5 Å². The summed E-state index contributed by atoms with van der Waals surface area (Å²) in [7, 11) is 0. The number of ether oxygens (including phenoxy) is 1. The van der Waals surface area contributed by atoms with Gasteiger partial charge in [0.25, 0.3) is 5.91 Å². The Hall–Kier alpha value is -3.02. The van der Waals surface area contributed by atoms with Gasteiger partial charge in [-0.1, -0.05) is 98.6 Å². The van der Waals surface area contributed by atoms with E-state index >= 15 is 0 Å². The predicted octanol–water partition coefficient (Wildman–Crippen LogP) is 6.45. The molecular formula is C30H34Cl2N2O3. The molecule has 0 aliphatic carbocycles. The average molecular weight is 542 g/mol. The monoisotopic (exact) mass is 540 g/mol. The van der Waals surface area contributed by atoms with Crippen LogP contribution in [0, 0.1) is 0 Å². The van der Waals surface area contributed by atoms with Crippen LogP contribution in [-0.4, -0.2) is 35.9 Å². The molecule has 3 rings (SSSR count). The van der Waals surface area contributed by atoms with Crippen molar-refractivity contribution in [2.24, 2.45) is 0 Å². The van der Waals surface area contributed by atoms with Crippen molar-refractivity contribution in [3.05, 3.63) is 99.5 Å². The maximum Gasteiger partial charge on any atom is 0.261 e. The number of likely N-dealkylation sites (N-methyl/N-ethyl adjacent to an activating group) is 1. The largest absolute Gasteiger partial charge is 0.483 e. The average Bonchev–Trinajstić information content (AvgIpc) is 2.86. The summed E-state index contributed by atoms with van der Waals surface area (Å²) in [5.41, 5.74) is 2.34. The van der Waals surface area contributed by atoms with Crippen molar-refractivity contribution in [3.8, 4) is 5.75 Å². The summed E-state index contributed by atoms with van der Waals surface area (Å²) in [6.45, 7) is 8.39. The van der Waals surface area contributed by atoms with Crippen LogP contribution in [0.4, 0.5) is 0 Å². The number of benzene rings is 3. The van der Waals surface area contributed by atoms with E-state index in [2.05, 4.69) is 26.1 Å². The smallest absolute Gasteiger partial charge is 0.261 e. The van der Waals surface area contributed by atoms with Crippen LogP contribution in [0.2, 0.25) is 10.0 Å². The highest BCUT2D eigenvalue weighted by atomic mass is 35.5. The van der Waals surface area contributed by atoms with Crippen molar-refractivity contribution in [3.63, 3.8) is 0 Å². The van der Waals surface area contributed by atoms with Gasteiger partial charge in [0.05, 0.1) is 0 Å². The van der Waals surface area contributed by atoms with Crippen molar-refractivity contribution in [1.29, 1.82) is 0 Å². The Bertz CT molecular complexity index is 1190. The third-order valence-corrected chi connectivity index (χ3v) is 6.77. The van der Waals surface area contributed by atoms with E-state index in [0.717, 1.165) is 11.1 Å². The van der Waals surface area contributed by atoms with E-state index in [9.17, 15) is 9.59 Å². The predicted molar refractivity (Wildman–Crippen MR) is 150 cm³/mol. The van der Waals surface area contributed by atoms with E-state index in [1.54, 1.807) is 18.2 Å². The third-order valence-electron chi connectivity index (χ3n) is 6.06. The van der Waals surface area contributed by atoms with Crippen LogP contribution < -0.4 is 10.1 Å². The molecule has 0 radical (unpaired) electrons. The highest BCUT2D eigenvalue weighted by Crippen LogP contribution is 2.31. The van der Waals surface area contributed by atoms with Gasteiger partial charge in [0.2, 0.25) is 5.91 Å². The summed E-state index contributed by atoms with van der Waals surface area (Å²) in [5, 5.41) is 3.74. The second-order valence-corrected chi connectivity index (χ2v) is 10.7. The SMILES string of the molecule is CCNC(=O)C(Cc1ccccc1)N(Cc1c(Cl)cccc1Cl)C(=O)COc1ccccc1C(C)(C)C. The van der Waals surface area contributed by atoms with Crippen LogP contribution in [0.1, 0.15) is 44.4 Å². The number of nitrogens with one attached hydrogen (secondary N) is 1. The molecule has 0 aliphatic rings. The topological polar surface area (TPSA) is 58.6 Å². The number of nitrogens with zero attached hydrogens (tertiary/aromatic N) is 1. The second kappa shape index (κ2) is 13.0. The molecule has 5 nitrogen and oxygen atoms in total. The number of amides is 2. The first-order valence-corrected chi connectivity index (χ1v) is 13.1. The molecule has 2 amide bonds. The van der Waals surface area contributed by atoms with Gasteiger partial charge in [0.1, 0.15) is 11.8 Å². The Morgan fingerprint density at radius 1 is 0.919 bits per heavy atom. The molecule has 0 spiro atoms. The third kappa shape index (κ3) is 7.73. The normalized spacial score (nSPS) is 12.1. The van der Waals surface area contributed by atoms with E-state index < -0.39 is 6.04 Å². The molecule has 3 aromatic carbocycles. The zero-order valence-corrected chi connectivity index (χ0v) is 23.3. The molecule has 0 bridgehead atoms. The molecule has 0 aliphatic heterocycles. The van der Waals surface area contributed by atoms with Crippen molar-refractivity contribution in [2.45, 2.75) is 52.1 Å². The van der Waals surface area contributed by atoms with Gasteiger partial charge in [-0.3, -0.25) is 9.59 Å². The maximum absolute atomic E-state index is 13.8. The Labute approximate surface area is 229 Å². The molecule has 7 heteroatoms. The van der Waals surface area contributed by atoms with Gasteiger partial charge in [0, 0.05) is 35.1 Å². The molecule has 1 unspecified atom stereocenters. The summed E-state index contributed by atoms with van der Waals surface area (Å²) in [5.74, 6) is 0.0431. The zero-order valence-electron chi connectivity index (χ0n) is 21.8. The fourth-order valence-corrected chi connectivity index (χ4v) is 4.65. The van der Waals surface area contributed by atoms with Gasteiger partial charge < -0.3 is 15.0 Å². The van der Waals surface area contributed by atoms with Crippen LogP contribution in [0.25, 0.3) is 0 Å². The van der Waals surface area contributed by atoms with Crippen molar-refractivity contribution in [1.82, 2.24) is 10.2 Å². The standard InChI is InChI=1S/C30H34Cl2N2O3/c1-5-33-29(36)26(18-21-12-7-6-8-13-21)34(19-22-24(31)15-11-16-25(22)32)28(35)20-37-27-17-10-9-14-23(27)30(2,3)4/h6-17,26H,5,18-20H2,1-4H3,(H,33,36). The molecule has 37 heavy (non-hydrogen) atoms. The van der Waals surface area contributed by atoms with E-state index in [0.29, 0.717) is 34.3 Å². The highest BCUT2D eigenvalue weighted by molar-refractivity contribution is 6.36. The number of carbonyl (C=O) groups is 2. The molecule has 0 saturated heterocycles. The number of hydrogen-bond acceptors (Lipinski definition) is 3. The number of halogens is 2. The summed E-state index contributed by atoms with van der Waals surface area (Å²) in [4.78, 5) is 28.6. The molecular weight excluding hydrogens is 507 g/mol. The van der Waals surface area contributed by atoms with Crippen LogP contribution in [0.15, 0.2) is 72.8 Å². The summed E-state index contributed by atoms with van der Waals surface area (Å²) in [6.07, 6.45) is 0.332. The molecule has 196 valence electrons. The van der Waals surface area contributed by atoms with Crippen LogP contribution in [0.3, 0.4) is 0 Å². The molecule has 0 heterocycles. The number of para-hydroxylation sites is 1. The lowest BCUT2D eigenvalue weighted by Gasteiger charge is -2.32. The number of hydrogen-bond donors (Lipinski definition) is 1. The molecule has 1 atom stereocenters. The maximum atomic E-state index is 13.8. The minimum Gasteiger partial charge on any atom is -0.483 e. The first kappa shape index (κ1) is 28.5. The van der Waals surface area contributed by atoms with E-state index in [1.165, 1.54) is 4.90 Å². The van der Waals surface area contributed by atoms with Gasteiger partial charge in [-0.2, -0.15) is 0 Å². The first-order valence-electron chi connectivity index (χ1n) is 12.4. The van der Waals surface area contributed by atoms with Crippen molar-refractivity contribution >= 4 is 35.0 Å². The fraction of sp³-hybridized carbons (Fsp3) is 0.333. The Morgan fingerprint density at radius 3 is 2.16 bits per heavy atom. The quantitative estimate of drug-likeness (QED) is 0.321. The second-order valence-electron chi connectivity index (χ2n) is 9.86. The lowest BCUT2D eigenvalue weighted by Crippen LogP contribution is -2.51. The summed E-state index contributed by atoms with van der Waals surface area (Å²) < 4.78 is 6.06. The lowest BCUT2D eigenvalue weighted by molar-refractivity contribution is -0.142. The number of rotatable bonds is 10. The van der Waals surface area contributed by atoms with Gasteiger partial charge in [-0.15, -0.1) is 0 Å². The lowest BCUT2D eigenvalue weighted by atomic mass is 9.86. The zero-order chi connectivity index (χ0) is 27.0. The van der Waals surface area contributed by atoms with Gasteiger partial charge in [0.15, 0.2) is 6.61 Å².